The molecule has 0 unspecified atom stereocenters. The van der Waals surface area contributed by atoms with Gasteiger partial charge in [-0.1, -0.05) is 23.7 Å². The molecule has 1 aromatic carbocycles. The van der Waals surface area contributed by atoms with Crippen LogP contribution in [-0.4, -0.2) is 54.5 Å². The summed E-state index contributed by atoms with van der Waals surface area (Å²) in [5.74, 6) is 1.11. The summed E-state index contributed by atoms with van der Waals surface area (Å²) in [6.07, 6.45) is 2.32. The lowest BCUT2D eigenvalue weighted by atomic mass is 10.2. The lowest BCUT2D eigenvalue weighted by molar-refractivity contribution is 0.0525. The summed E-state index contributed by atoms with van der Waals surface area (Å²) in [7, 11) is 0. The molecule has 7 nitrogen and oxygen atoms in total. The molecule has 0 aliphatic carbocycles. The molecule has 8 heteroatoms. The highest BCUT2D eigenvalue weighted by molar-refractivity contribution is 6.33. The number of pyridine rings is 1. The smallest absolute Gasteiger partial charge is 0.339 e. The number of hydrogen-bond acceptors (Lipinski definition) is 6. The number of hydrogen-bond donors (Lipinski definition) is 0. The number of aromatic nitrogens is 1. The topological polar surface area (TPSA) is 75.9 Å². The largest absolute Gasteiger partial charge is 0.462 e. The van der Waals surface area contributed by atoms with Gasteiger partial charge in [-0.25, -0.2) is 9.78 Å². The van der Waals surface area contributed by atoms with Crippen LogP contribution in [0.5, 0.6) is 0 Å². The molecule has 1 saturated heterocycles. The van der Waals surface area contributed by atoms with Crippen LogP contribution in [0.1, 0.15) is 34.3 Å². The van der Waals surface area contributed by atoms with Crippen LogP contribution in [0.15, 0.2) is 59.1 Å². The van der Waals surface area contributed by atoms with E-state index < -0.39 is 0 Å². The number of carbonyl (C=O) groups is 2. The van der Waals surface area contributed by atoms with Gasteiger partial charge in [0, 0.05) is 37.9 Å². The Hall–Kier alpha value is -3.32. The van der Waals surface area contributed by atoms with Crippen molar-refractivity contribution in [1.82, 2.24) is 9.88 Å². The van der Waals surface area contributed by atoms with Crippen molar-refractivity contribution in [3.05, 3.63) is 71.1 Å². The van der Waals surface area contributed by atoms with Crippen LogP contribution in [0.25, 0.3) is 11.3 Å². The molecule has 1 amide bonds. The van der Waals surface area contributed by atoms with Crippen molar-refractivity contribution in [3.63, 3.8) is 0 Å². The van der Waals surface area contributed by atoms with Crippen molar-refractivity contribution >= 4 is 29.3 Å². The Kier molecular flexibility index (Phi) is 6.75. The second kappa shape index (κ2) is 9.87. The maximum atomic E-state index is 13.0. The van der Waals surface area contributed by atoms with E-state index in [9.17, 15) is 9.59 Å². The first-order chi connectivity index (χ1) is 15.6. The zero-order chi connectivity index (χ0) is 22.5. The Labute approximate surface area is 191 Å². The summed E-state index contributed by atoms with van der Waals surface area (Å²) in [5, 5.41) is 0.577. The van der Waals surface area contributed by atoms with Gasteiger partial charge in [-0.3, -0.25) is 4.79 Å². The van der Waals surface area contributed by atoms with Gasteiger partial charge in [-0.15, -0.1) is 0 Å². The molecular weight excluding hydrogens is 430 g/mol. The van der Waals surface area contributed by atoms with E-state index in [1.54, 1.807) is 36.1 Å². The molecule has 4 rings (SSSR count). The second-order valence-corrected chi connectivity index (χ2v) is 7.81. The summed E-state index contributed by atoms with van der Waals surface area (Å²) in [6, 6.07) is 14.4. The molecule has 2 aromatic heterocycles. The SMILES string of the molecule is CCOC(=O)c1ccc(N2CCCN(C(=O)c3ccc(-c4ccccc4Cl)o3)CC2)nc1. The van der Waals surface area contributed by atoms with E-state index in [2.05, 4.69) is 9.88 Å². The number of nitrogens with zero attached hydrogens (tertiary/aromatic N) is 3. The predicted octanol–water partition coefficient (Wildman–Crippen LogP) is 4.52. The highest BCUT2D eigenvalue weighted by Gasteiger charge is 2.24. The Morgan fingerprint density at radius 3 is 2.66 bits per heavy atom. The third-order valence-corrected chi connectivity index (χ3v) is 5.65. The van der Waals surface area contributed by atoms with Crippen molar-refractivity contribution in [2.45, 2.75) is 13.3 Å². The van der Waals surface area contributed by atoms with Gasteiger partial charge in [0.1, 0.15) is 11.6 Å². The fraction of sp³-hybridized carbons (Fsp3) is 0.292. The zero-order valence-corrected chi connectivity index (χ0v) is 18.5. The second-order valence-electron chi connectivity index (χ2n) is 7.40. The summed E-state index contributed by atoms with van der Waals surface area (Å²) in [5.41, 5.74) is 1.18. The van der Waals surface area contributed by atoms with E-state index in [1.807, 2.05) is 24.3 Å². The quantitative estimate of drug-likeness (QED) is 0.528. The minimum atomic E-state index is -0.381. The fourth-order valence-electron chi connectivity index (χ4n) is 3.67. The average Bonchev–Trinajstić information content (AvgIpc) is 3.17. The summed E-state index contributed by atoms with van der Waals surface area (Å²) in [4.78, 5) is 33.2. The number of halogens is 1. The molecule has 166 valence electrons. The minimum Gasteiger partial charge on any atom is -0.462 e. The fourth-order valence-corrected chi connectivity index (χ4v) is 3.90. The normalized spacial score (nSPS) is 14.2. The molecule has 1 fully saturated rings. The van der Waals surface area contributed by atoms with E-state index in [0.29, 0.717) is 48.3 Å². The number of carbonyl (C=O) groups excluding carboxylic acids is 2. The number of anilines is 1. The molecule has 3 aromatic rings. The molecule has 0 saturated carbocycles. The summed E-state index contributed by atoms with van der Waals surface area (Å²) >= 11 is 6.24. The molecule has 0 N–H and O–H groups in total. The van der Waals surface area contributed by atoms with E-state index in [4.69, 9.17) is 20.8 Å². The van der Waals surface area contributed by atoms with Crippen LogP contribution < -0.4 is 4.90 Å². The van der Waals surface area contributed by atoms with Crippen LogP contribution in [0.2, 0.25) is 5.02 Å². The molecule has 1 aliphatic heterocycles. The van der Waals surface area contributed by atoms with Gasteiger partial charge in [0.05, 0.1) is 17.2 Å². The Balaban J connectivity index is 1.41. The molecule has 0 bridgehead atoms. The van der Waals surface area contributed by atoms with Gasteiger partial charge in [-0.05, 0) is 49.7 Å². The number of furan rings is 1. The molecule has 1 aliphatic rings. The van der Waals surface area contributed by atoms with Gasteiger partial charge in [0.2, 0.25) is 0 Å². The first kappa shape index (κ1) is 21.9. The van der Waals surface area contributed by atoms with Gasteiger partial charge in [-0.2, -0.15) is 0 Å². The number of amides is 1. The molecule has 0 atom stereocenters. The van der Waals surface area contributed by atoms with Gasteiger partial charge < -0.3 is 19.0 Å². The van der Waals surface area contributed by atoms with Crippen molar-refractivity contribution in [3.8, 4) is 11.3 Å². The molecule has 3 heterocycles. The third kappa shape index (κ3) is 4.78. The van der Waals surface area contributed by atoms with Crippen molar-refractivity contribution < 1.29 is 18.7 Å². The average molecular weight is 454 g/mol. The molecular formula is C24H24ClN3O4. The van der Waals surface area contributed by atoms with E-state index in [0.717, 1.165) is 24.3 Å². The number of esters is 1. The predicted molar refractivity (Wildman–Crippen MR) is 122 cm³/mol. The van der Waals surface area contributed by atoms with Crippen molar-refractivity contribution in [2.75, 3.05) is 37.7 Å². The highest BCUT2D eigenvalue weighted by atomic mass is 35.5. The lowest BCUT2D eigenvalue weighted by Crippen LogP contribution is -2.35. The van der Waals surface area contributed by atoms with Crippen LogP contribution >= 0.6 is 11.6 Å². The number of benzene rings is 1. The Morgan fingerprint density at radius 2 is 1.91 bits per heavy atom. The summed E-state index contributed by atoms with van der Waals surface area (Å²) < 4.78 is 10.8. The van der Waals surface area contributed by atoms with E-state index in [-0.39, 0.29) is 11.9 Å². The zero-order valence-electron chi connectivity index (χ0n) is 17.8. The van der Waals surface area contributed by atoms with Crippen LogP contribution in [-0.2, 0) is 4.74 Å². The van der Waals surface area contributed by atoms with Crippen LogP contribution in [0, 0.1) is 0 Å². The lowest BCUT2D eigenvalue weighted by Gasteiger charge is -2.22. The molecule has 32 heavy (non-hydrogen) atoms. The Morgan fingerprint density at radius 1 is 1.06 bits per heavy atom. The maximum Gasteiger partial charge on any atom is 0.339 e. The molecule has 0 radical (unpaired) electrons. The van der Waals surface area contributed by atoms with Crippen molar-refractivity contribution in [2.24, 2.45) is 0 Å². The van der Waals surface area contributed by atoms with E-state index >= 15 is 0 Å². The summed E-state index contributed by atoms with van der Waals surface area (Å²) in [6.45, 7) is 4.66. The maximum absolute atomic E-state index is 13.0. The third-order valence-electron chi connectivity index (χ3n) is 5.32. The van der Waals surface area contributed by atoms with Crippen LogP contribution in [0.4, 0.5) is 5.82 Å². The monoisotopic (exact) mass is 453 g/mol. The van der Waals surface area contributed by atoms with Crippen molar-refractivity contribution in [1.29, 1.82) is 0 Å². The first-order valence-corrected chi connectivity index (χ1v) is 11.0. The number of rotatable bonds is 5. The van der Waals surface area contributed by atoms with Gasteiger partial charge in [0.25, 0.3) is 5.91 Å². The minimum absolute atomic E-state index is 0.143. The van der Waals surface area contributed by atoms with Gasteiger partial charge in [0.15, 0.2) is 5.76 Å². The number of ether oxygens (including phenoxy) is 1. The standard InChI is InChI=1S/C24H24ClN3O4/c1-2-31-24(30)17-8-11-22(26-16-17)27-12-5-13-28(15-14-27)23(29)21-10-9-20(32-21)18-6-3-4-7-19(18)25/h3-4,6-11,16H,2,5,12-15H2,1H3. The van der Waals surface area contributed by atoms with Crippen LogP contribution in [0.3, 0.4) is 0 Å². The first-order valence-electron chi connectivity index (χ1n) is 10.6. The Bertz CT molecular complexity index is 1100. The van der Waals surface area contributed by atoms with Gasteiger partial charge >= 0.3 is 5.97 Å². The highest BCUT2D eigenvalue weighted by Crippen LogP contribution is 2.29. The molecule has 0 spiro atoms. The van der Waals surface area contributed by atoms with E-state index in [1.165, 1.54) is 6.20 Å².